The average Bonchev–Trinajstić information content (AvgIpc) is 2.73. The predicted molar refractivity (Wildman–Crippen MR) is 115 cm³/mol. The van der Waals surface area contributed by atoms with Crippen molar-refractivity contribution < 1.29 is 28.2 Å². The van der Waals surface area contributed by atoms with E-state index in [1.54, 1.807) is 58.9 Å². The van der Waals surface area contributed by atoms with Gasteiger partial charge < -0.3 is 18.6 Å². The topological polar surface area (TPSA) is 92.0 Å². The summed E-state index contributed by atoms with van der Waals surface area (Å²) >= 11 is 0. The molecule has 0 saturated carbocycles. The van der Waals surface area contributed by atoms with E-state index in [4.69, 9.17) is 18.6 Å². The lowest BCUT2D eigenvalue weighted by atomic mass is 9.87. The maximum absolute atomic E-state index is 12.8. The molecule has 2 heterocycles. The second kappa shape index (κ2) is 8.57. The monoisotopic (exact) mass is 428 g/mol. The Kier molecular flexibility index (Phi) is 6.25. The van der Waals surface area contributed by atoms with Crippen LogP contribution in [0, 0.1) is 5.92 Å². The van der Waals surface area contributed by atoms with E-state index in [1.165, 1.54) is 6.07 Å². The van der Waals surface area contributed by atoms with E-state index in [-0.39, 0.29) is 11.5 Å². The Morgan fingerprint density at radius 3 is 2.52 bits per heavy atom. The summed E-state index contributed by atoms with van der Waals surface area (Å²) in [6.45, 7) is 10.5. The van der Waals surface area contributed by atoms with Crippen LogP contribution < -0.4 is 10.4 Å². The predicted octanol–water partition coefficient (Wildman–Crippen LogP) is 4.47. The van der Waals surface area contributed by atoms with Gasteiger partial charge in [-0.15, -0.1) is 0 Å². The quantitative estimate of drug-likeness (QED) is 0.394. The number of ether oxygens (including phenoxy) is 3. The summed E-state index contributed by atoms with van der Waals surface area (Å²) in [5, 5.41) is 0.640. The molecule has 0 fully saturated rings. The Morgan fingerprint density at radius 2 is 1.87 bits per heavy atom. The molecule has 7 nitrogen and oxygen atoms in total. The number of carbonyl (C=O) groups excluding carboxylic acids is 2. The number of hydrogen-bond donors (Lipinski definition) is 0. The molecular weight excluding hydrogens is 400 g/mol. The summed E-state index contributed by atoms with van der Waals surface area (Å²) in [6.07, 6.45) is 0.252. The van der Waals surface area contributed by atoms with E-state index in [9.17, 15) is 14.4 Å². The number of fused-ring (bicyclic) bond motifs is 3. The molecule has 0 radical (unpaired) electrons. The van der Waals surface area contributed by atoms with Crippen LogP contribution in [-0.2, 0) is 19.1 Å². The van der Waals surface area contributed by atoms with Crippen molar-refractivity contribution in [1.29, 1.82) is 0 Å². The van der Waals surface area contributed by atoms with Crippen LogP contribution in [0.4, 0.5) is 0 Å². The SMILES string of the molecule is C/C=C(\C)C(=O)O[C@@H]1[C@H](OC(=O)[C@H](C)CC)c2c(ccc3ccc(=O)oc23)OC1(C)C. The van der Waals surface area contributed by atoms with Crippen LogP contribution in [0.1, 0.15) is 59.6 Å². The molecule has 166 valence electrons. The second-order valence-electron chi connectivity index (χ2n) is 8.32. The third kappa shape index (κ3) is 4.36. The molecule has 0 bridgehead atoms. The fourth-order valence-electron chi connectivity index (χ4n) is 3.41. The lowest BCUT2D eigenvalue weighted by Gasteiger charge is -2.43. The Hall–Kier alpha value is -3.09. The second-order valence-corrected chi connectivity index (χ2v) is 8.32. The summed E-state index contributed by atoms with van der Waals surface area (Å²) in [6, 6.07) is 6.44. The van der Waals surface area contributed by atoms with Gasteiger partial charge in [0.25, 0.3) is 0 Å². The molecule has 31 heavy (non-hydrogen) atoms. The Bertz CT molecular complexity index is 1090. The maximum atomic E-state index is 12.8. The van der Waals surface area contributed by atoms with E-state index < -0.39 is 35.4 Å². The molecule has 1 aromatic carbocycles. The standard InChI is InChI=1S/C24H28O7/c1-7-13(3)22(26)29-20-18-16(11-9-15-10-12-17(25)28-19(15)18)31-24(5,6)21(20)30-23(27)14(4)8-2/h8-13,20-21H,7H2,1-6H3/b14-8+/t13-,20-,21-/m1/s1. The Labute approximate surface area is 181 Å². The molecule has 1 aliphatic heterocycles. The highest BCUT2D eigenvalue weighted by molar-refractivity contribution is 5.88. The van der Waals surface area contributed by atoms with Gasteiger partial charge in [-0.25, -0.2) is 9.59 Å². The summed E-state index contributed by atoms with van der Waals surface area (Å²) in [5.41, 5.74) is -0.526. The molecule has 1 aliphatic rings. The molecule has 0 amide bonds. The third-order valence-corrected chi connectivity index (χ3v) is 5.65. The third-order valence-electron chi connectivity index (χ3n) is 5.65. The first-order valence-corrected chi connectivity index (χ1v) is 10.4. The zero-order valence-corrected chi connectivity index (χ0v) is 18.7. The van der Waals surface area contributed by atoms with Crippen LogP contribution >= 0.6 is 0 Å². The smallest absolute Gasteiger partial charge is 0.336 e. The van der Waals surface area contributed by atoms with Crippen molar-refractivity contribution in [1.82, 2.24) is 0 Å². The molecule has 0 aliphatic carbocycles. The molecule has 0 saturated heterocycles. The van der Waals surface area contributed by atoms with Gasteiger partial charge in [0.15, 0.2) is 12.2 Å². The van der Waals surface area contributed by atoms with Crippen molar-refractivity contribution in [2.24, 2.45) is 5.92 Å². The average molecular weight is 428 g/mol. The number of allylic oxidation sites excluding steroid dienone is 1. The lowest BCUT2D eigenvalue weighted by molar-refractivity contribution is -0.189. The fourth-order valence-corrected chi connectivity index (χ4v) is 3.41. The van der Waals surface area contributed by atoms with Gasteiger partial charge in [-0.05, 0) is 52.3 Å². The van der Waals surface area contributed by atoms with Crippen LogP contribution in [0.2, 0.25) is 0 Å². The molecular formula is C24H28O7. The summed E-state index contributed by atoms with van der Waals surface area (Å²) in [7, 11) is 0. The van der Waals surface area contributed by atoms with Gasteiger partial charge in [0.1, 0.15) is 16.9 Å². The van der Waals surface area contributed by atoms with Crippen LogP contribution in [0.5, 0.6) is 5.75 Å². The highest BCUT2D eigenvalue weighted by atomic mass is 16.6. The number of benzene rings is 1. The van der Waals surface area contributed by atoms with E-state index in [1.807, 2.05) is 6.92 Å². The summed E-state index contributed by atoms with van der Waals surface area (Å²) < 4.78 is 23.3. The van der Waals surface area contributed by atoms with Gasteiger partial charge in [-0.3, -0.25) is 4.79 Å². The minimum absolute atomic E-state index is 0.242. The van der Waals surface area contributed by atoms with Gasteiger partial charge in [-0.2, -0.15) is 0 Å². The van der Waals surface area contributed by atoms with E-state index in [0.717, 1.165) is 0 Å². The summed E-state index contributed by atoms with van der Waals surface area (Å²) in [5.74, 6) is -0.928. The first-order valence-electron chi connectivity index (χ1n) is 10.4. The van der Waals surface area contributed by atoms with Crippen molar-refractivity contribution in [3.8, 4) is 5.75 Å². The van der Waals surface area contributed by atoms with Crippen molar-refractivity contribution in [2.45, 2.75) is 65.8 Å². The number of esters is 2. The number of rotatable bonds is 5. The largest absolute Gasteiger partial charge is 0.483 e. The zero-order valence-electron chi connectivity index (χ0n) is 18.7. The lowest BCUT2D eigenvalue weighted by Crippen LogP contribution is -2.52. The molecule has 0 unspecified atom stereocenters. The van der Waals surface area contributed by atoms with Crippen LogP contribution in [0.25, 0.3) is 11.0 Å². The van der Waals surface area contributed by atoms with Crippen molar-refractivity contribution >= 4 is 22.9 Å². The first kappa shape index (κ1) is 22.6. The van der Waals surface area contributed by atoms with Crippen molar-refractivity contribution in [3.63, 3.8) is 0 Å². The minimum Gasteiger partial charge on any atom is -0.483 e. The van der Waals surface area contributed by atoms with Gasteiger partial charge in [0, 0.05) is 17.0 Å². The Balaban J connectivity index is 2.21. The van der Waals surface area contributed by atoms with Gasteiger partial charge in [-0.1, -0.05) is 19.9 Å². The van der Waals surface area contributed by atoms with E-state index >= 15 is 0 Å². The van der Waals surface area contributed by atoms with Gasteiger partial charge >= 0.3 is 17.6 Å². The molecule has 2 aromatic rings. The normalized spacial score (nSPS) is 21.0. The van der Waals surface area contributed by atoms with Crippen LogP contribution in [0.15, 0.2) is 45.1 Å². The van der Waals surface area contributed by atoms with E-state index in [0.29, 0.717) is 28.7 Å². The van der Waals surface area contributed by atoms with Gasteiger partial charge in [0.05, 0.1) is 11.5 Å². The van der Waals surface area contributed by atoms with Crippen molar-refractivity contribution in [2.75, 3.05) is 0 Å². The maximum Gasteiger partial charge on any atom is 0.336 e. The zero-order chi connectivity index (χ0) is 22.9. The fraction of sp³-hybridized carbons (Fsp3) is 0.458. The van der Waals surface area contributed by atoms with Crippen LogP contribution in [0.3, 0.4) is 0 Å². The highest BCUT2D eigenvalue weighted by Crippen LogP contribution is 2.46. The molecule has 7 heteroatoms. The Morgan fingerprint density at radius 1 is 1.19 bits per heavy atom. The van der Waals surface area contributed by atoms with Gasteiger partial charge in [0.2, 0.25) is 0 Å². The molecule has 3 atom stereocenters. The van der Waals surface area contributed by atoms with E-state index in [2.05, 4.69) is 0 Å². The molecule has 3 rings (SSSR count). The minimum atomic E-state index is -1.01. The number of carbonyl (C=O) groups is 2. The first-order chi connectivity index (χ1) is 14.6. The number of hydrogen-bond acceptors (Lipinski definition) is 7. The van der Waals surface area contributed by atoms with Crippen molar-refractivity contribution in [3.05, 3.63) is 51.9 Å². The summed E-state index contributed by atoms with van der Waals surface area (Å²) in [4.78, 5) is 37.4. The molecule has 1 aromatic heterocycles. The highest BCUT2D eigenvalue weighted by Gasteiger charge is 2.50. The molecule has 0 N–H and O–H groups in total. The molecule has 0 spiro atoms. The van der Waals surface area contributed by atoms with Crippen LogP contribution in [-0.4, -0.2) is 23.6 Å².